The van der Waals surface area contributed by atoms with Gasteiger partial charge in [-0.3, -0.25) is 9.89 Å². The topological polar surface area (TPSA) is 110 Å². The largest absolute Gasteiger partial charge is 0.382 e. The van der Waals surface area contributed by atoms with E-state index < -0.39 is 0 Å². The number of carbonyl (C=O) groups excluding carboxylic acids is 1. The number of aromatic nitrogens is 4. The van der Waals surface area contributed by atoms with Gasteiger partial charge in [-0.2, -0.15) is 13.8 Å². The first kappa shape index (κ1) is 15.3. The molecule has 0 radical (unpaired) electrons. The highest BCUT2D eigenvalue weighted by Gasteiger charge is 2.03. The lowest BCUT2D eigenvalue weighted by Crippen LogP contribution is -2.20. The summed E-state index contributed by atoms with van der Waals surface area (Å²) in [5.74, 6) is 0.276. The number of aromatic amines is 1. The molecule has 124 valence electrons. The van der Waals surface area contributed by atoms with Crippen molar-refractivity contribution in [3.05, 3.63) is 53.6 Å². The van der Waals surface area contributed by atoms with Gasteiger partial charge in [-0.15, -0.1) is 0 Å². The maximum absolute atomic E-state index is 12.0. The van der Waals surface area contributed by atoms with Crippen LogP contribution in [0.15, 0.2) is 42.5 Å². The number of nitrogens with two attached hydrogens (primary N) is 1. The van der Waals surface area contributed by atoms with E-state index in [0.29, 0.717) is 12.4 Å². The third kappa shape index (κ3) is 3.20. The predicted octanol–water partition coefficient (Wildman–Crippen LogP) is 2.48. The molecule has 0 aliphatic heterocycles. The van der Waals surface area contributed by atoms with Crippen molar-refractivity contribution in [2.45, 2.75) is 6.54 Å². The van der Waals surface area contributed by atoms with Crippen molar-refractivity contribution in [1.82, 2.24) is 24.3 Å². The van der Waals surface area contributed by atoms with Crippen LogP contribution in [0.5, 0.6) is 0 Å². The van der Waals surface area contributed by atoms with Crippen LogP contribution in [0.3, 0.4) is 0 Å². The fraction of sp³-hybridized carbons (Fsp3) is 0.0588. The average Bonchev–Trinajstić information content (AvgIpc) is 3.24. The molecule has 1 amide bonds. The van der Waals surface area contributed by atoms with Gasteiger partial charge >= 0.3 is 0 Å². The van der Waals surface area contributed by atoms with E-state index >= 15 is 0 Å². The predicted molar refractivity (Wildman–Crippen MR) is 98.8 cm³/mol. The second-order valence-electron chi connectivity index (χ2n) is 5.55. The molecule has 4 aromatic rings. The highest BCUT2D eigenvalue weighted by atomic mass is 32.1. The first-order valence-electron chi connectivity index (χ1n) is 7.60. The van der Waals surface area contributed by atoms with E-state index in [4.69, 9.17) is 5.73 Å². The van der Waals surface area contributed by atoms with Crippen LogP contribution in [-0.2, 0) is 11.3 Å². The van der Waals surface area contributed by atoms with Crippen LogP contribution in [0.4, 0.5) is 5.82 Å². The Labute approximate surface area is 146 Å². The number of benzene rings is 2. The van der Waals surface area contributed by atoms with Crippen molar-refractivity contribution in [3.63, 3.8) is 0 Å². The van der Waals surface area contributed by atoms with Gasteiger partial charge in [-0.25, -0.2) is 0 Å². The summed E-state index contributed by atoms with van der Waals surface area (Å²) in [6, 6.07) is 11.4. The number of hydrogen-bond donors (Lipinski definition) is 3. The van der Waals surface area contributed by atoms with Gasteiger partial charge in [0.2, 0.25) is 5.91 Å². The Hall–Kier alpha value is -3.26. The average molecular weight is 350 g/mol. The van der Waals surface area contributed by atoms with E-state index in [-0.39, 0.29) is 5.91 Å². The minimum Gasteiger partial charge on any atom is -0.382 e. The first-order valence-corrected chi connectivity index (χ1v) is 8.33. The molecular weight excluding hydrogens is 336 g/mol. The van der Waals surface area contributed by atoms with E-state index in [9.17, 15) is 4.79 Å². The summed E-state index contributed by atoms with van der Waals surface area (Å²) in [6.45, 7) is 0.435. The van der Waals surface area contributed by atoms with Gasteiger partial charge in [-0.1, -0.05) is 12.1 Å². The monoisotopic (exact) mass is 350 g/mol. The van der Waals surface area contributed by atoms with E-state index in [1.54, 1.807) is 6.08 Å². The number of fused-ring (bicyclic) bond motifs is 2. The Morgan fingerprint density at radius 3 is 3.00 bits per heavy atom. The Balaban J connectivity index is 1.41. The van der Waals surface area contributed by atoms with Crippen LogP contribution >= 0.6 is 11.7 Å². The summed E-state index contributed by atoms with van der Waals surface area (Å²) >= 11 is 1.18. The summed E-state index contributed by atoms with van der Waals surface area (Å²) in [4.78, 5) is 12.0. The minimum atomic E-state index is -0.170. The summed E-state index contributed by atoms with van der Waals surface area (Å²) in [5.41, 5.74) is 10.2. The molecule has 2 aromatic heterocycles. The molecule has 0 unspecified atom stereocenters. The molecule has 0 bridgehead atoms. The van der Waals surface area contributed by atoms with Crippen LogP contribution in [0.25, 0.3) is 28.0 Å². The summed E-state index contributed by atoms with van der Waals surface area (Å²) in [5, 5.41) is 10.5. The molecule has 8 heteroatoms. The normalized spacial score (nSPS) is 11.5. The smallest absolute Gasteiger partial charge is 0.244 e. The Morgan fingerprint density at radius 2 is 2.08 bits per heavy atom. The van der Waals surface area contributed by atoms with Crippen molar-refractivity contribution in [2.75, 3.05) is 5.73 Å². The van der Waals surface area contributed by atoms with Crippen molar-refractivity contribution in [2.24, 2.45) is 0 Å². The zero-order valence-corrected chi connectivity index (χ0v) is 13.9. The number of nitrogens with zero attached hydrogens (tertiary/aromatic N) is 3. The SMILES string of the molecule is Nc1n[nH]c2ccc(C=CC(=O)NCc3ccc4nsnc4c3)cc12. The molecule has 0 fully saturated rings. The van der Waals surface area contributed by atoms with Crippen molar-refractivity contribution < 1.29 is 4.79 Å². The molecule has 0 spiro atoms. The third-order valence-corrected chi connectivity index (χ3v) is 4.39. The molecule has 0 aliphatic carbocycles. The fourth-order valence-electron chi connectivity index (χ4n) is 2.51. The number of anilines is 1. The van der Waals surface area contributed by atoms with Crippen LogP contribution in [0.1, 0.15) is 11.1 Å². The van der Waals surface area contributed by atoms with Crippen LogP contribution in [0.2, 0.25) is 0 Å². The standard InChI is InChI=1S/C17H14N6OS/c18-17-12-7-10(1-4-13(12)20-21-17)3-6-16(24)19-9-11-2-5-14-15(8-11)23-25-22-14/h1-8H,9H2,(H,19,24)(H3,18,20,21). The molecule has 2 heterocycles. The van der Waals surface area contributed by atoms with Crippen LogP contribution < -0.4 is 11.1 Å². The van der Waals surface area contributed by atoms with Crippen LogP contribution in [0, 0.1) is 0 Å². The van der Waals surface area contributed by atoms with Gasteiger partial charge in [0.15, 0.2) is 5.82 Å². The van der Waals surface area contributed by atoms with Crippen molar-refractivity contribution in [3.8, 4) is 0 Å². The molecular formula is C17H14N6OS. The number of rotatable bonds is 4. The Morgan fingerprint density at radius 1 is 1.20 bits per heavy atom. The summed E-state index contributed by atoms with van der Waals surface area (Å²) in [6.07, 6.45) is 3.25. The molecule has 2 aromatic carbocycles. The lowest BCUT2D eigenvalue weighted by Gasteiger charge is -2.02. The summed E-state index contributed by atoms with van der Waals surface area (Å²) in [7, 11) is 0. The first-order chi connectivity index (χ1) is 12.2. The lowest BCUT2D eigenvalue weighted by molar-refractivity contribution is -0.116. The maximum atomic E-state index is 12.0. The number of H-pyrrole nitrogens is 1. The van der Waals surface area contributed by atoms with Crippen LogP contribution in [-0.4, -0.2) is 24.9 Å². The highest BCUT2D eigenvalue weighted by Crippen LogP contribution is 2.19. The zero-order chi connectivity index (χ0) is 17.2. The minimum absolute atomic E-state index is 0.170. The number of nitrogen functional groups attached to an aromatic ring is 1. The Kier molecular flexibility index (Phi) is 3.87. The molecule has 7 nitrogen and oxygen atoms in total. The van der Waals surface area contributed by atoms with E-state index in [1.807, 2.05) is 36.4 Å². The van der Waals surface area contributed by atoms with Crippen molar-refractivity contribution >= 4 is 51.5 Å². The molecule has 4 rings (SSSR count). The molecule has 0 aliphatic rings. The highest BCUT2D eigenvalue weighted by molar-refractivity contribution is 7.00. The van der Waals surface area contributed by atoms with Gasteiger partial charge in [0.25, 0.3) is 0 Å². The van der Waals surface area contributed by atoms with E-state index in [1.165, 1.54) is 17.8 Å². The number of nitrogens with one attached hydrogen (secondary N) is 2. The maximum Gasteiger partial charge on any atom is 0.244 e. The lowest BCUT2D eigenvalue weighted by atomic mass is 10.1. The fourth-order valence-corrected chi connectivity index (χ4v) is 3.03. The van der Waals surface area contributed by atoms with Gasteiger partial charge in [0.1, 0.15) is 11.0 Å². The number of carbonyl (C=O) groups is 1. The zero-order valence-electron chi connectivity index (χ0n) is 13.1. The molecule has 0 saturated carbocycles. The number of amides is 1. The quantitative estimate of drug-likeness (QED) is 0.490. The van der Waals surface area contributed by atoms with Gasteiger partial charge < -0.3 is 11.1 Å². The molecule has 4 N–H and O–H groups in total. The summed E-state index contributed by atoms with van der Waals surface area (Å²) < 4.78 is 8.35. The number of hydrogen-bond acceptors (Lipinski definition) is 6. The van der Waals surface area contributed by atoms with E-state index in [0.717, 1.165) is 33.1 Å². The second-order valence-corrected chi connectivity index (χ2v) is 6.08. The van der Waals surface area contributed by atoms with E-state index in [2.05, 4.69) is 24.3 Å². The molecule has 25 heavy (non-hydrogen) atoms. The molecule has 0 atom stereocenters. The van der Waals surface area contributed by atoms with Gasteiger partial charge in [-0.05, 0) is 41.5 Å². The second kappa shape index (κ2) is 6.33. The van der Waals surface area contributed by atoms with Gasteiger partial charge in [0.05, 0.1) is 17.2 Å². The molecule has 0 saturated heterocycles. The Bertz CT molecular complexity index is 1100. The van der Waals surface area contributed by atoms with Crippen molar-refractivity contribution in [1.29, 1.82) is 0 Å². The third-order valence-electron chi connectivity index (χ3n) is 3.83. The van der Waals surface area contributed by atoms with Gasteiger partial charge in [0, 0.05) is 18.0 Å².